The van der Waals surface area contributed by atoms with E-state index >= 15 is 0 Å². The van der Waals surface area contributed by atoms with Crippen LogP contribution in [0.4, 0.5) is 0 Å². The van der Waals surface area contributed by atoms with Crippen LogP contribution in [-0.2, 0) is 4.74 Å². The van der Waals surface area contributed by atoms with Crippen LogP contribution < -0.4 is 0 Å². The van der Waals surface area contributed by atoms with Gasteiger partial charge in [-0.25, -0.2) is 0 Å². The van der Waals surface area contributed by atoms with Gasteiger partial charge in [-0.05, 0) is 19.4 Å². The summed E-state index contributed by atoms with van der Waals surface area (Å²) in [6, 6.07) is 11.9. The molecular weight excluding hydrogens is 214 g/mol. The third-order valence-corrected chi connectivity index (χ3v) is 2.95. The van der Waals surface area contributed by atoms with Gasteiger partial charge in [-0.1, -0.05) is 37.3 Å². The summed E-state index contributed by atoms with van der Waals surface area (Å²) in [5.41, 5.74) is 1.07. The molecule has 1 rings (SSSR count). The largest absolute Gasteiger partial charge is 0.391 e. The van der Waals surface area contributed by atoms with E-state index in [-0.39, 0.29) is 12.0 Å². The van der Waals surface area contributed by atoms with Crippen molar-refractivity contribution in [3.63, 3.8) is 0 Å². The first-order valence-corrected chi connectivity index (χ1v) is 5.84. The number of benzene rings is 1. The van der Waals surface area contributed by atoms with Gasteiger partial charge in [0.15, 0.2) is 6.10 Å². The Kier molecular flexibility index (Phi) is 5.14. The van der Waals surface area contributed by atoms with Crippen LogP contribution in [0.5, 0.6) is 0 Å². The summed E-state index contributed by atoms with van der Waals surface area (Å²) in [6.07, 6.45) is -1.46. The van der Waals surface area contributed by atoms with Crippen molar-refractivity contribution < 1.29 is 9.84 Å². The monoisotopic (exact) mass is 233 g/mol. The van der Waals surface area contributed by atoms with Gasteiger partial charge >= 0.3 is 0 Å². The van der Waals surface area contributed by atoms with Crippen molar-refractivity contribution in [3.8, 4) is 6.07 Å². The lowest BCUT2D eigenvalue weighted by atomic mass is 9.96. The topological polar surface area (TPSA) is 53.2 Å². The second-order valence-electron chi connectivity index (χ2n) is 4.33. The summed E-state index contributed by atoms with van der Waals surface area (Å²) in [5.74, 6) is -0.0117. The molecule has 3 heteroatoms. The molecule has 0 amide bonds. The Morgan fingerprint density at radius 3 is 2.24 bits per heavy atom. The normalized spacial score (nSPS) is 17.8. The van der Waals surface area contributed by atoms with Gasteiger partial charge in [-0.15, -0.1) is 0 Å². The molecule has 1 N–H and O–H groups in total. The zero-order valence-electron chi connectivity index (χ0n) is 10.5. The van der Waals surface area contributed by atoms with Crippen LogP contribution in [0.1, 0.15) is 32.3 Å². The minimum absolute atomic E-state index is 0.0117. The first-order valence-electron chi connectivity index (χ1n) is 5.84. The highest BCUT2D eigenvalue weighted by atomic mass is 16.5. The Labute approximate surface area is 103 Å². The average molecular weight is 233 g/mol. The zero-order valence-corrected chi connectivity index (χ0v) is 10.5. The first-order chi connectivity index (χ1) is 8.06. The quantitative estimate of drug-likeness (QED) is 0.850. The summed E-state index contributed by atoms with van der Waals surface area (Å²) < 4.78 is 5.57. The summed E-state index contributed by atoms with van der Waals surface area (Å²) in [7, 11) is 0. The molecule has 1 aromatic rings. The number of nitriles is 1. The molecule has 1 aromatic carbocycles. The Morgan fingerprint density at radius 2 is 1.76 bits per heavy atom. The average Bonchev–Trinajstić information content (AvgIpc) is 2.35. The van der Waals surface area contributed by atoms with Gasteiger partial charge < -0.3 is 9.84 Å². The van der Waals surface area contributed by atoms with E-state index in [0.29, 0.717) is 0 Å². The molecule has 17 heavy (non-hydrogen) atoms. The molecule has 4 unspecified atom stereocenters. The number of nitrogens with zero attached hydrogens (tertiary/aromatic N) is 1. The van der Waals surface area contributed by atoms with E-state index in [4.69, 9.17) is 10.00 Å². The lowest BCUT2D eigenvalue weighted by Crippen LogP contribution is -2.30. The smallest absolute Gasteiger partial charge is 0.151 e. The van der Waals surface area contributed by atoms with Gasteiger partial charge in [-0.3, -0.25) is 0 Å². The van der Waals surface area contributed by atoms with E-state index < -0.39 is 12.2 Å². The lowest BCUT2D eigenvalue weighted by Gasteiger charge is -2.24. The Balaban J connectivity index is 2.72. The first kappa shape index (κ1) is 13.7. The molecule has 4 atom stereocenters. The molecule has 0 aliphatic rings. The van der Waals surface area contributed by atoms with Crippen molar-refractivity contribution in [2.24, 2.45) is 0 Å². The van der Waals surface area contributed by atoms with Gasteiger partial charge in [0.25, 0.3) is 0 Å². The van der Waals surface area contributed by atoms with Crippen molar-refractivity contribution in [2.45, 2.75) is 45.0 Å². The molecule has 0 aliphatic carbocycles. The molecule has 0 saturated heterocycles. The van der Waals surface area contributed by atoms with E-state index in [1.165, 1.54) is 0 Å². The standard InChI is InChI=1S/C14H19NO2/c1-10(13-7-5-4-6-8-13)14(9-15)17-12(3)11(2)16/h4-8,10-12,14,16H,1-3H3. The number of rotatable bonds is 5. The van der Waals surface area contributed by atoms with Gasteiger partial charge in [0.2, 0.25) is 0 Å². The van der Waals surface area contributed by atoms with Crippen LogP contribution >= 0.6 is 0 Å². The summed E-state index contributed by atoms with van der Waals surface area (Å²) in [5, 5.41) is 18.5. The van der Waals surface area contributed by atoms with E-state index in [1.54, 1.807) is 13.8 Å². The van der Waals surface area contributed by atoms with Crippen molar-refractivity contribution in [1.29, 1.82) is 5.26 Å². The van der Waals surface area contributed by atoms with Crippen LogP contribution in [0.3, 0.4) is 0 Å². The third-order valence-electron chi connectivity index (χ3n) is 2.95. The van der Waals surface area contributed by atoms with E-state index in [9.17, 15) is 5.11 Å². The molecule has 92 valence electrons. The van der Waals surface area contributed by atoms with Gasteiger partial charge in [-0.2, -0.15) is 5.26 Å². The van der Waals surface area contributed by atoms with Crippen molar-refractivity contribution in [1.82, 2.24) is 0 Å². The number of hydrogen-bond acceptors (Lipinski definition) is 3. The summed E-state index contributed by atoms with van der Waals surface area (Å²) in [4.78, 5) is 0. The minimum atomic E-state index is -0.575. The summed E-state index contributed by atoms with van der Waals surface area (Å²) >= 11 is 0. The molecule has 0 fully saturated rings. The Hall–Kier alpha value is -1.37. The third kappa shape index (κ3) is 3.85. The fourth-order valence-corrected chi connectivity index (χ4v) is 1.54. The van der Waals surface area contributed by atoms with E-state index in [0.717, 1.165) is 5.56 Å². The molecular formula is C14H19NO2. The van der Waals surface area contributed by atoms with Crippen LogP contribution in [0.15, 0.2) is 30.3 Å². The highest BCUT2D eigenvalue weighted by molar-refractivity contribution is 5.22. The van der Waals surface area contributed by atoms with Crippen LogP contribution in [-0.4, -0.2) is 23.4 Å². The van der Waals surface area contributed by atoms with Gasteiger partial charge in [0, 0.05) is 5.92 Å². The molecule has 0 heterocycles. The number of aliphatic hydroxyl groups is 1. The second-order valence-corrected chi connectivity index (χ2v) is 4.33. The Bertz CT molecular complexity index is 370. The maximum absolute atomic E-state index is 9.38. The molecule has 0 bridgehead atoms. The Morgan fingerprint density at radius 1 is 1.18 bits per heavy atom. The SMILES string of the molecule is CC(O)C(C)OC(C#N)C(C)c1ccccc1. The lowest BCUT2D eigenvalue weighted by molar-refractivity contribution is -0.0479. The molecule has 0 aromatic heterocycles. The molecule has 0 aliphatic heterocycles. The molecule has 0 radical (unpaired) electrons. The van der Waals surface area contributed by atoms with Crippen LogP contribution in [0.2, 0.25) is 0 Å². The van der Waals surface area contributed by atoms with Gasteiger partial charge in [0.05, 0.1) is 18.3 Å². The van der Waals surface area contributed by atoms with E-state index in [2.05, 4.69) is 6.07 Å². The predicted molar refractivity (Wildman–Crippen MR) is 66.5 cm³/mol. The number of aliphatic hydroxyl groups excluding tert-OH is 1. The minimum Gasteiger partial charge on any atom is -0.391 e. The van der Waals surface area contributed by atoms with Crippen molar-refractivity contribution in [3.05, 3.63) is 35.9 Å². The number of ether oxygens (including phenoxy) is 1. The van der Waals surface area contributed by atoms with E-state index in [1.807, 2.05) is 37.3 Å². The fourth-order valence-electron chi connectivity index (χ4n) is 1.54. The predicted octanol–water partition coefficient (Wildman–Crippen LogP) is 2.47. The maximum atomic E-state index is 9.38. The highest BCUT2D eigenvalue weighted by Crippen LogP contribution is 2.22. The van der Waals surface area contributed by atoms with Crippen LogP contribution in [0.25, 0.3) is 0 Å². The van der Waals surface area contributed by atoms with Gasteiger partial charge in [0.1, 0.15) is 0 Å². The fraction of sp³-hybridized carbons (Fsp3) is 0.500. The molecule has 3 nitrogen and oxygen atoms in total. The van der Waals surface area contributed by atoms with Crippen molar-refractivity contribution in [2.75, 3.05) is 0 Å². The maximum Gasteiger partial charge on any atom is 0.151 e. The molecule has 0 spiro atoms. The van der Waals surface area contributed by atoms with Crippen molar-refractivity contribution >= 4 is 0 Å². The zero-order chi connectivity index (χ0) is 12.8. The summed E-state index contributed by atoms with van der Waals surface area (Å²) in [6.45, 7) is 5.39. The molecule has 0 saturated carbocycles. The van der Waals surface area contributed by atoms with Crippen LogP contribution in [0, 0.1) is 11.3 Å². The number of hydrogen-bond donors (Lipinski definition) is 1. The second kappa shape index (κ2) is 6.39. The highest BCUT2D eigenvalue weighted by Gasteiger charge is 2.23.